The molecule has 3 unspecified atom stereocenters. The summed E-state index contributed by atoms with van der Waals surface area (Å²) < 4.78 is 0. The number of rotatable bonds is 9. The summed E-state index contributed by atoms with van der Waals surface area (Å²) in [5.41, 5.74) is 19.7. The SMILES string of the molecule is NC(Cc1c[nH]c2ccccc12)C(=O)O.NC(Cc1c[nH]cn1)C(=O)O.NC(Cc1ccccc1)C(=O)O. The zero-order valence-electron chi connectivity index (χ0n) is 20.5. The number of benzene rings is 2. The molecule has 0 aliphatic rings. The number of aliphatic carboxylic acids is 3. The Kier molecular flexibility index (Phi) is 11.6. The van der Waals surface area contributed by atoms with Crippen LogP contribution in [0.3, 0.4) is 0 Å². The summed E-state index contributed by atoms with van der Waals surface area (Å²) >= 11 is 0. The highest BCUT2D eigenvalue weighted by Gasteiger charge is 2.14. The molecule has 4 rings (SSSR count). The zero-order chi connectivity index (χ0) is 28.1. The van der Waals surface area contributed by atoms with Crippen LogP contribution in [0.5, 0.6) is 0 Å². The summed E-state index contributed by atoms with van der Waals surface area (Å²) in [4.78, 5) is 40.9. The summed E-state index contributed by atoms with van der Waals surface area (Å²) in [6.45, 7) is 0. The van der Waals surface area contributed by atoms with Crippen LogP contribution in [0.15, 0.2) is 73.3 Å². The van der Waals surface area contributed by atoms with Gasteiger partial charge >= 0.3 is 17.9 Å². The van der Waals surface area contributed by atoms with E-state index in [4.69, 9.17) is 32.5 Å². The van der Waals surface area contributed by atoms with Crippen LogP contribution in [0.25, 0.3) is 10.9 Å². The molecule has 3 atom stereocenters. The van der Waals surface area contributed by atoms with Gasteiger partial charge in [-0.05, 0) is 23.6 Å². The first-order chi connectivity index (χ1) is 18.1. The smallest absolute Gasteiger partial charge is 0.320 e. The number of aromatic amines is 2. The van der Waals surface area contributed by atoms with Gasteiger partial charge in [0, 0.05) is 36.1 Å². The number of carboxylic acid groups (broad SMARTS) is 3. The van der Waals surface area contributed by atoms with Gasteiger partial charge in [0.1, 0.15) is 18.1 Å². The lowest BCUT2D eigenvalue weighted by atomic mass is 10.1. The molecular weight excluding hydrogens is 492 g/mol. The normalized spacial score (nSPS) is 12.7. The monoisotopic (exact) mass is 524 g/mol. The molecule has 0 radical (unpaired) electrons. The number of carboxylic acids is 3. The van der Waals surface area contributed by atoms with Gasteiger partial charge in [0.05, 0.1) is 12.0 Å². The van der Waals surface area contributed by atoms with Crippen LogP contribution in [0, 0.1) is 0 Å². The number of nitrogens with two attached hydrogens (primary N) is 3. The van der Waals surface area contributed by atoms with E-state index in [-0.39, 0.29) is 6.42 Å². The number of imidazole rings is 1. The molecule has 2 heterocycles. The second-order valence-corrected chi connectivity index (χ2v) is 8.35. The molecule has 0 spiro atoms. The third kappa shape index (κ3) is 9.85. The van der Waals surface area contributed by atoms with Crippen molar-refractivity contribution in [3.63, 3.8) is 0 Å². The lowest BCUT2D eigenvalue weighted by molar-refractivity contribution is -0.139. The Morgan fingerprint density at radius 3 is 1.87 bits per heavy atom. The van der Waals surface area contributed by atoms with Gasteiger partial charge in [-0.1, -0.05) is 48.5 Å². The Labute approximate surface area is 218 Å². The molecule has 0 bridgehead atoms. The predicted octanol–water partition coefficient (Wildman–Crippen LogP) is 1.13. The topological polar surface area (TPSA) is 234 Å². The Morgan fingerprint density at radius 2 is 1.29 bits per heavy atom. The van der Waals surface area contributed by atoms with Gasteiger partial charge in [-0.15, -0.1) is 0 Å². The second-order valence-electron chi connectivity index (χ2n) is 8.35. The van der Waals surface area contributed by atoms with E-state index in [1.807, 2.05) is 60.8 Å². The van der Waals surface area contributed by atoms with Crippen molar-refractivity contribution < 1.29 is 29.7 Å². The average molecular weight is 525 g/mol. The molecule has 38 heavy (non-hydrogen) atoms. The number of para-hydroxylation sites is 1. The van der Waals surface area contributed by atoms with E-state index >= 15 is 0 Å². The first-order valence-electron chi connectivity index (χ1n) is 11.6. The lowest BCUT2D eigenvalue weighted by Gasteiger charge is -2.04. The summed E-state index contributed by atoms with van der Waals surface area (Å²) in [6.07, 6.45) is 5.93. The average Bonchev–Trinajstić information content (AvgIpc) is 3.55. The highest BCUT2D eigenvalue weighted by Crippen LogP contribution is 2.18. The van der Waals surface area contributed by atoms with Gasteiger partial charge in [0.25, 0.3) is 0 Å². The highest BCUT2D eigenvalue weighted by molar-refractivity contribution is 5.84. The van der Waals surface area contributed by atoms with Crippen LogP contribution in [0.2, 0.25) is 0 Å². The quantitative estimate of drug-likeness (QED) is 0.155. The third-order valence-corrected chi connectivity index (χ3v) is 5.35. The van der Waals surface area contributed by atoms with Crippen LogP contribution < -0.4 is 17.2 Å². The van der Waals surface area contributed by atoms with E-state index in [1.165, 1.54) is 6.33 Å². The maximum Gasteiger partial charge on any atom is 0.320 e. The van der Waals surface area contributed by atoms with Crippen molar-refractivity contribution in [2.45, 2.75) is 37.4 Å². The first kappa shape index (κ1) is 29.7. The molecule has 11 N–H and O–H groups in total. The Balaban J connectivity index is 0.000000203. The number of aromatic nitrogens is 3. The molecule has 4 aromatic rings. The standard InChI is InChI=1S/C11H12N2O2.C9H11NO2.C6H9N3O2/c12-9(11(14)15)5-7-6-13-10-4-2-1-3-8(7)10;10-8(9(11)12)6-7-4-2-1-3-5-7;7-5(6(10)11)1-4-2-8-3-9-4/h1-4,6,9,13H,5,12H2,(H,14,15);1-5,8H,6,10H2,(H,11,12);2-3,5H,1,7H2,(H,8,9)(H,10,11). The minimum Gasteiger partial charge on any atom is -0.480 e. The van der Waals surface area contributed by atoms with Crippen molar-refractivity contribution >= 4 is 28.8 Å². The second kappa shape index (κ2) is 14.9. The van der Waals surface area contributed by atoms with Crippen molar-refractivity contribution in [3.05, 3.63) is 90.1 Å². The van der Waals surface area contributed by atoms with E-state index in [0.717, 1.165) is 22.0 Å². The van der Waals surface area contributed by atoms with Crippen molar-refractivity contribution in [2.75, 3.05) is 0 Å². The largest absolute Gasteiger partial charge is 0.480 e. The predicted molar refractivity (Wildman–Crippen MR) is 141 cm³/mol. The molecule has 2 aromatic carbocycles. The van der Waals surface area contributed by atoms with Crippen LogP contribution in [0.4, 0.5) is 0 Å². The van der Waals surface area contributed by atoms with Gasteiger partial charge in [0.2, 0.25) is 0 Å². The summed E-state index contributed by atoms with van der Waals surface area (Å²) in [5.74, 6) is -2.94. The van der Waals surface area contributed by atoms with Gasteiger partial charge in [-0.3, -0.25) is 14.4 Å². The molecule has 12 heteroatoms. The van der Waals surface area contributed by atoms with Crippen LogP contribution in [-0.4, -0.2) is 66.3 Å². The Hall–Kier alpha value is -4.52. The van der Waals surface area contributed by atoms with Gasteiger partial charge < -0.3 is 42.5 Å². The number of nitrogens with zero attached hydrogens (tertiary/aromatic N) is 1. The number of H-pyrrole nitrogens is 2. The number of fused-ring (bicyclic) bond motifs is 1. The maximum absolute atomic E-state index is 10.6. The molecule has 2 aromatic heterocycles. The van der Waals surface area contributed by atoms with Gasteiger partial charge in [-0.25, -0.2) is 4.98 Å². The van der Waals surface area contributed by atoms with Crippen LogP contribution in [0.1, 0.15) is 16.8 Å². The number of carbonyl (C=O) groups is 3. The Bertz CT molecular complexity index is 1290. The molecule has 0 fully saturated rings. The summed E-state index contributed by atoms with van der Waals surface area (Å²) in [6, 6.07) is 14.6. The van der Waals surface area contributed by atoms with Crippen molar-refractivity contribution in [1.82, 2.24) is 15.0 Å². The van der Waals surface area contributed by atoms with E-state index in [1.54, 1.807) is 6.20 Å². The molecule has 202 valence electrons. The fourth-order valence-electron chi connectivity index (χ4n) is 3.30. The number of hydrogen-bond acceptors (Lipinski definition) is 7. The molecule has 0 aliphatic heterocycles. The first-order valence-corrected chi connectivity index (χ1v) is 11.6. The minimum absolute atomic E-state index is 0.263. The van der Waals surface area contributed by atoms with Crippen LogP contribution >= 0.6 is 0 Å². The molecule has 0 amide bonds. The lowest BCUT2D eigenvalue weighted by Crippen LogP contribution is -2.32. The molecule has 12 nitrogen and oxygen atoms in total. The zero-order valence-corrected chi connectivity index (χ0v) is 20.5. The maximum atomic E-state index is 10.6. The van der Waals surface area contributed by atoms with Crippen LogP contribution in [-0.2, 0) is 33.6 Å². The fraction of sp³-hybridized carbons (Fsp3) is 0.231. The summed E-state index contributed by atoms with van der Waals surface area (Å²) in [5, 5.41) is 26.7. The molecule has 0 aliphatic carbocycles. The van der Waals surface area contributed by atoms with Crippen molar-refractivity contribution in [3.8, 4) is 0 Å². The highest BCUT2D eigenvalue weighted by atomic mass is 16.4. The van der Waals surface area contributed by atoms with Gasteiger partial charge in [0.15, 0.2) is 0 Å². The van der Waals surface area contributed by atoms with Crippen molar-refractivity contribution in [2.24, 2.45) is 17.2 Å². The number of nitrogens with one attached hydrogen (secondary N) is 2. The molecule has 0 saturated carbocycles. The fourth-order valence-corrected chi connectivity index (χ4v) is 3.30. The van der Waals surface area contributed by atoms with E-state index < -0.39 is 36.0 Å². The minimum atomic E-state index is -1.01. The van der Waals surface area contributed by atoms with Crippen molar-refractivity contribution in [1.29, 1.82) is 0 Å². The summed E-state index contributed by atoms with van der Waals surface area (Å²) in [7, 11) is 0. The number of hydrogen-bond donors (Lipinski definition) is 8. The third-order valence-electron chi connectivity index (χ3n) is 5.35. The Morgan fingerprint density at radius 1 is 0.737 bits per heavy atom. The molecular formula is C26H32N6O6. The van der Waals surface area contributed by atoms with Gasteiger partial charge in [-0.2, -0.15) is 0 Å². The molecule has 0 saturated heterocycles. The van der Waals surface area contributed by atoms with E-state index in [0.29, 0.717) is 18.5 Å². The van der Waals surface area contributed by atoms with E-state index in [9.17, 15) is 14.4 Å². The van der Waals surface area contributed by atoms with E-state index in [2.05, 4.69) is 15.0 Å².